The summed E-state index contributed by atoms with van der Waals surface area (Å²) in [5, 5.41) is 4.49. The van der Waals surface area contributed by atoms with Crippen molar-refractivity contribution in [2.75, 3.05) is 28.4 Å². The van der Waals surface area contributed by atoms with E-state index < -0.39 is 0 Å². The Morgan fingerprint density at radius 3 is 2.45 bits per heavy atom. The predicted molar refractivity (Wildman–Crippen MR) is 109 cm³/mol. The highest BCUT2D eigenvalue weighted by molar-refractivity contribution is 6.30. The number of hydrogen-bond acceptors (Lipinski definition) is 6. The van der Waals surface area contributed by atoms with Gasteiger partial charge in [0.25, 0.3) is 5.91 Å². The van der Waals surface area contributed by atoms with Gasteiger partial charge in [-0.05, 0) is 36.4 Å². The smallest absolute Gasteiger partial charge is 0.276 e. The molecule has 0 radical (unpaired) electrons. The Bertz CT molecular complexity index is 1020. The molecule has 0 saturated carbocycles. The maximum Gasteiger partial charge on any atom is 0.276 e. The molecule has 8 heteroatoms. The first kappa shape index (κ1) is 20.5. The monoisotopic (exact) mass is 416 g/mol. The van der Waals surface area contributed by atoms with Crippen LogP contribution in [-0.2, 0) is 6.54 Å². The summed E-state index contributed by atoms with van der Waals surface area (Å²) in [6.45, 7) is 0.299. The van der Waals surface area contributed by atoms with Gasteiger partial charge in [0.05, 0.1) is 26.9 Å². The van der Waals surface area contributed by atoms with Crippen molar-refractivity contribution in [1.29, 1.82) is 0 Å². The van der Waals surface area contributed by atoms with Crippen molar-refractivity contribution in [2.24, 2.45) is 0 Å². The van der Waals surface area contributed by atoms with Crippen molar-refractivity contribution in [3.8, 4) is 28.6 Å². The van der Waals surface area contributed by atoms with E-state index in [0.29, 0.717) is 40.1 Å². The Kier molecular flexibility index (Phi) is 6.29. The normalized spacial score (nSPS) is 10.5. The highest BCUT2D eigenvalue weighted by Gasteiger charge is 2.21. The topological polar surface area (TPSA) is 74.0 Å². The van der Waals surface area contributed by atoms with Gasteiger partial charge in [-0.1, -0.05) is 16.8 Å². The van der Waals surface area contributed by atoms with Crippen LogP contribution in [0.25, 0.3) is 11.3 Å². The minimum absolute atomic E-state index is 0.174. The van der Waals surface area contributed by atoms with Gasteiger partial charge in [0.1, 0.15) is 17.2 Å². The lowest BCUT2D eigenvalue weighted by molar-refractivity contribution is 0.0774. The number of methoxy groups -OCH3 is 3. The summed E-state index contributed by atoms with van der Waals surface area (Å²) in [5.41, 5.74) is 1.60. The zero-order valence-electron chi connectivity index (χ0n) is 16.6. The number of carbonyl (C=O) groups excluding carboxylic acids is 1. The maximum atomic E-state index is 12.8. The number of nitrogens with zero attached hydrogens (tertiary/aromatic N) is 2. The third kappa shape index (κ3) is 4.46. The summed E-state index contributed by atoms with van der Waals surface area (Å²) in [6.07, 6.45) is 0. The summed E-state index contributed by atoms with van der Waals surface area (Å²) in [7, 11) is 6.36. The second-order valence-electron chi connectivity index (χ2n) is 6.26. The zero-order chi connectivity index (χ0) is 21.0. The third-order valence-electron chi connectivity index (χ3n) is 4.40. The van der Waals surface area contributed by atoms with Gasteiger partial charge in [0, 0.05) is 30.2 Å². The van der Waals surface area contributed by atoms with Crippen LogP contribution in [0.2, 0.25) is 5.02 Å². The molecule has 0 aliphatic rings. The van der Waals surface area contributed by atoms with Crippen molar-refractivity contribution < 1.29 is 23.5 Å². The Morgan fingerprint density at radius 1 is 1.03 bits per heavy atom. The fraction of sp³-hybridized carbons (Fsp3) is 0.238. The summed E-state index contributed by atoms with van der Waals surface area (Å²) in [5.74, 6) is 1.96. The van der Waals surface area contributed by atoms with Gasteiger partial charge in [0.2, 0.25) is 0 Å². The highest BCUT2D eigenvalue weighted by atomic mass is 35.5. The lowest BCUT2D eigenvalue weighted by Crippen LogP contribution is -2.26. The average Bonchev–Trinajstić information content (AvgIpc) is 3.22. The Hall–Kier alpha value is -3.19. The molecule has 1 aromatic heterocycles. The summed E-state index contributed by atoms with van der Waals surface area (Å²) < 4.78 is 21.4. The molecule has 152 valence electrons. The van der Waals surface area contributed by atoms with Gasteiger partial charge in [-0.2, -0.15) is 0 Å². The molecule has 0 spiro atoms. The molecular weight excluding hydrogens is 396 g/mol. The first-order valence-corrected chi connectivity index (χ1v) is 9.11. The van der Waals surface area contributed by atoms with Crippen molar-refractivity contribution >= 4 is 17.5 Å². The minimum Gasteiger partial charge on any atom is -0.497 e. The second kappa shape index (κ2) is 8.87. The first-order valence-electron chi connectivity index (χ1n) is 8.73. The molecule has 0 bridgehead atoms. The lowest BCUT2D eigenvalue weighted by atomic mass is 10.1. The van der Waals surface area contributed by atoms with Crippen LogP contribution in [0.4, 0.5) is 0 Å². The van der Waals surface area contributed by atoms with E-state index in [1.165, 1.54) is 4.90 Å². The highest BCUT2D eigenvalue weighted by Crippen LogP contribution is 2.34. The van der Waals surface area contributed by atoms with E-state index in [4.69, 9.17) is 30.3 Å². The number of carbonyl (C=O) groups is 1. The molecule has 0 aliphatic carbocycles. The molecule has 3 aromatic rings. The molecule has 1 amide bonds. The van der Waals surface area contributed by atoms with Gasteiger partial charge in [-0.25, -0.2) is 0 Å². The Morgan fingerprint density at radius 2 is 1.76 bits per heavy atom. The second-order valence-corrected chi connectivity index (χ2v) is 6.70. The molecule has 0 N–H and O–H groups in total. The molecule has 0 atom stereocenters. The Labute approximate surface area is 173 Å². The molecule has 7 nitrogen and oxygen atoms in total. The maximum absolute atomic E-state index is 12.8. The number of halogens is 1. The number of aromatic nitrogens is 1. The van der Waals surface area contributed by atoms with Crippen LogP contribution >= 0.6 is 11.6 Å². The molecule has 29 heavy (non-hydrogen) atoms. The van der Waals surface area contributed by atoms with Crippen molar-refractivity contribution in [1.82, 2.24) is 10.1 Å². The quantitative estimate of drug-likeness (QED) is 0.572. The molecule has 0 saturated heterocycles. The van der Waals surface area contributed by atoms with E-state index in [1.54, 1.807) is 70.8 Å². The number of ether oxygens (including phenoxy) is 3. The first-order chi connectivity index (χ1) is 14.0. The van der Waals surface area contributed by atoms with Crippen molar-refractivity contribution in [2.45, 2.75) is 6.54 Å². The summed E-state index contributed by atoms with van der Waals surface area (Å²) in [6, 6.07) is 12.1. The molecule has 3 rings (SSSR count). The standard InChI is InChI=1S/C21H21ClN2O5/c1-24(12-13-9-14(22)5-7-18(13)27-3)21(25)17-11-20(29-23-17)16-10-15(26-2)6-8-19(16)28-4/h5-11H,12H2,1-4H3. The molecule has 0 aliphatic heterocycles. The number of benzene rings is 2. The number of hydrogen-bond donors (Lipinski definition) is 0. The van der Waals surface area contributed by atoms with Crippen LogP contribution in [0.3, 0.4) is 0 Å². The third-order valence-corrected chi connectivity index (χ3v) is 4.63. The van der Waals surface area contributed by atoms with E-state index in [9.17, 15) is 4.79 Å². The SMILES string of the molecule is COc1ccc(OC)c(-c2cc(C(=O)N(C)Cc3cc(Cl)ccc3OC)no2)c1. The van der Waals surface area contributed by atoms with Crippen LogP contribution in [0.15, 0.2) is 47.0 Å². The Balaban J connectivity index is 1.83. The van der Waals surface area contributed by atoms with E-state index >= 15 is 0 Å². The zero-order valence-corrected chi connectivity index (χ0v) is 17.3. The number of rotatable bonds is 7. The van der Waals surface area contributed by atoms with Crippen molar-refractivity contribution in [3.63, 3.8) is 0 Å². The van der Waals surface area contributed by atoms with Crippen LogP contribution < -0.4 is 14.2 Å². The molecule has 0 fully saturated rings. The van der Waals surface area contributed by atoms with Gasteiger partial charge >= 0.3 is 0 Å². The molecule has 1 heterocycles. The van der Waals surface area contributed by atoms with Crippen LogP contribution in [0.5, 0.6) is 17.2 Å². The fourth-order valence-electron chi connectivity index (χ4n) is 2.90. The van der Waals surface area contributed by atoms with Crippen molar-refractivity contribution in [3.05, 3.63) is 58.7 Å². The summed E-state index contributed by atoms with van der Waals surface area (Å²) in [4.78, 5) is 14.3. The van der Waals surface area contributed by atoms with Gasteiger partial charge in [-0.15, -0.1) is 0 Å². The van der Waals surface area contributed by atoms with E-state index in [1.807, 2.05) is 0 Å². The van der Waals surface area contributed by atoms with E-state index in [2.05, 4.69) is 5.16 Å². The van der Waals surface area contributed by atoms with Gasteiger partial charge < -0.3 is 23.6 Å². The van der Waals surface area contributed by atoms with Gasteiger partial charge in [-0.3, -0.25) is 4.79 Å². The molecule has 2 aromatic carbocycles. The van der Waals surface area contributed by atoms with E-state index in [0.717, 1.165) is 5.56 Å². The van der Waals surface area contributed by atoms with Crippen LogP contribution in [-0.4, -0.2) is 44.3 Å². The average molecular weight is 417 g/mol. The van der Waals surface area contributed by atoms with Crippen LogP contribution in [0.1, 0.15) is 16.1 Å². The fourth-order valence-corrected chi connectivity index (χ4v) is 3.10. The lowest BCUT2D eigenvalue weighted by Gasteiger charge is -2.17. The molecule has 0 unspecified atom stereocenters. The molecular formula is C21H21ClN2O5. The largest absolute Gasteiger partial charge is 0.497 e. The predicted octanol–water partition coefficient (Wildman–Crippen LogP) is 4.29. The minimum atomic E-state index is -0.302. The van der Waals surface area contributed by atoms with Gasteiger partial charge in [0.15, 0.2) is 11.5 Å². The number of amides is 1. The summed E-state index contributed by atoms with van der Waals surface area (Å²) >= 11 is 6.07. The van der Waals surface area contributed by atoms with Crippen LogP contribution in [0, 0.1) is 0 Å². The van der Waals surface area contributed by atoms with E-state index in [-0.39, 0.29) is 11.6 Å².